The van der Waals surface area contributed by atoms with Crippen LogP contribution in [0, 0.1) is 5.41 Å². The van der Waals surface area contributed by atoms with Gasteiger partial charge in [0.1, 0.15) is 17.5 Å². The van der Waals surface area contributed by atoms with Gasteiger partial charge < -0.3 is 19.3 Å². The summed E-state index contributed by atoms with van der Waals surface area (Å²) in [6.45, 7) is 4.06. The molecule has 4 rings (SSSR count). The van der Waals surface area contributed by atoms with Gasteiger partial charge in [0.05, 0.1) is 19.8 Å². The van der Waals surface area contributed by atoms with Crippen LogP contribution in [-0.4, -0.2) is 79.0 Å². The number of ether oxygens (including phenoxy) is 2. The van der Waals surface area contributed by atoms with E-state index < -0.39 is 0 Å². The average molecular weight is 401 g/mol. The van der Waals surface area contributed by atoms with Crippen molar-refractivity contribution in [2.45, 2.75) is 32.2 Å². The largest absolute Gasteiger partial charge is 0.497 e. The highest BCUT2D eigenvalue weighted by atomic mass is 16.5. The lowest BCUT2D eigenvalue weighted by Gasteiger charge is -2.39. The fraction of sp³-hybridized carbons (Fsp3) is 0.571. The molecule has 8 nitrogen and oxygen atoms in total. The van der Waals surface area contributed by atoms with Gasteiger partial charge in [-0.15, -0.1) is 0 Å². The Morgan fingerprint density at radius 2 is 1.90 bits per heavy atom. The lowest BCUT2D eigenvalue weighted by atomic mass is 9.76. The molecular weight excluding hydrogens is 374 g/mol. The van der Waals surface area contributed by atoms with Crippen molar-refractivity contribution in [2.75, 3.05) is 40.4 Å². The molecule has 0 aliphatic carbocycles. The second-order valence-corrected chi connectivity index (χ2v) is 8.07. The summed E-state index contributed by atoms with van der Waals surface area (Å²) >= 11 is 0. The molecule has 3 saturated heterocycles. The van der Waals surface area contributed by atoms with Crippen molar-refractivity contribution in [3.63, 3.8) is 0 Å². The quantitative estimate of drug-likeness (QED) is 0.721. The summed E-state index contributed by atoms with van der Waals surface area (Å²) in [5, 5.41) is 0. The van der Waals surface area contributed by atoms with E-state index in [1.807, 2.05) is 11.8 Å². The number of carbonyl (C=O) groups is 3. The molecule has 1 unspecified atom stereocenters. The summed E-state index contributed by atoms with van der Waals surface area (Å²) in [4.78, 5) is 42.9. The Morgan fingerprint density at radius 3 is 2.48 bits per heavy atom. The Bertz CT molecular complexity index is 821. The van der Waals surface area contributed by atoms with Gasteiger partial charge in [-0.25, -0.2) is 4.79 Å². The van der Waals surface area contributed by atoms with Gasteiger partial charge in [-0.1, -0.05) is 0 Å². The number of likely N-dealkylation sites (N-methyl/N-ethyl adjacent to an activating group) is 1. The first-order chi connectivity index (χ1) is 13.9. The molecule has 156 valence electrons. The highest BCUT2D eigenvalue weighted by Crippen LogP contribution is 2.46. The maximum atomic E-state index is 13.0. The zero-order valence-corrected chi connectivity index (χ0v) is 17.1. The number of amides is 4. The fourth-order valence-corrected chi connectivity index (χ4v) is 4.89. The highest BCUT2D eigenvalue weighted by Gasteiger charge is 2.56. The number of imide groups is 1. The van der Waals surface area contributed by atoms with E-state index in [2.05, 4.69) is 0 Å². The summed E-state index contributed by atoms with van der Waals surface area (Å²) in [5.41, 5.74) is 0.441. The molecule has 3 aliphatic heterocycles. The number of fused-ring (bicyclic) bond motifs is 1. The number of likely N-dealkylation sites (tertiary alicyclic amines) is 1. The van der Waals surface area contributed by atoms with Gasteiger partial charge in [-0.05, 0) is 43.7 Å². The average Bonchev–Trinajstić information content (AvgIpc) is 3.21. The third-order valence-corrected chi connectivity index (χ3v) is 6.60. The molecule has 0 bridgehead atoms. The van der Waals surface area contributed by atoms with Crippen molar-refractivity contribution in [3.05, 3.63) is 23.8 Å². The van der Waals surface area contributed by atoms with Gasteiger partial charge >= 0.3 is 6.03 Å². The van der Waals surface area contributed by atoms with Crippen molar-refractivity contribution in [2.24, 2.45) is 5.41 Å². The van der Waals surface area contributed by atoms with Crippen LogP contribution in [0.4, 0.5) is 4.79 Å². The van der Waals surface area contributed by atoms with Crippen LogP contribution in [0.15, 0.2) is 18.2 Å². The van der Waals surface area contributed by atoms with Crippen molar-refractivity contribution in [1.82, 2.24) is 14.7 Å². The summed E-state index contributed by atoms with van der Waals surface area (Å²) < 4.78 is 10.6. The number of hydrogen-bond donors (Lipinski definition) is 0. The lowest BCUT2D eigenvalue weighted by Crippen LogP contribution is -2.45. The Labute approximate surface area is 170 Å². The standard InChI is InChI=1S/C21H27N3O5/c1-4-23-19(26)16-12-21(13-24(16)20(23)27)7-9-22(10-8-21)18(25)15-6-5-14(28-2)11-17(15)29-3/h5-6,11,16H,4,7-10,12-13H2,1-3H3. The first-order valence-electron chi connectivity index (χ1n) is 10.1. The third kappa shape index (κ3) is 3.10. The minimum atomic E-state index is -0.327. The molecule has 1 aromatic carbocycles. The zero-order valence-electron chi connectivity index (χ0n) is 17.1. The van der Waals surface area contributed by atoms with Gasteiger partial charge in [0.15, 0.2) is 0 Å². The number of methoxy groups -OCH3 is 2. The first-order valence-corrected chi connectivity index (χ1v) is 10.1. The van der Waals surface area contributed by atoms with Crippen molar-refractivity contribution in [1.29, 1.82) is 0 Å². The summed E-state index contributed by atoms with van der Waals surface area (Å²) in [6, 6.07) is 4.70. The number of urea groups is 1. The van der Waals surface area contributed by atoms with Crippen LogP contribution in [0.1, 0.15) is 36.5 Å². The van der Waals surface area contributed by atoms with Crippen LogP contribution in [0.2, 0.25) is 0 Å². The van der Waals surface area contributed by atoms with Gasteiger partial charge in [-0.3, -0.25) is 14.5 Å². The van der Waals surface area contributed by atoms with Crippen molar-refractivity contribution in [3.8, 4) is 11.5 Å². The molecule has 3 aliphatic rings. The molecule has 4 amide bonds. The molecule has 29 heavy (non-hydrogen) atoms. The molecular formula is C21H27N3O5. The second-order valence-electron chi connectivity index (χ2n) is 8.07. The molecule has 8 heteroatoms. The normalized spacial score (nSPS) is 23.0. The molecule has 3 fully saturated rings. The number of carbonyl (C=O) groups excluding carboxylic acids is 3. The molecule has 0 saturated carbocycles. The highest BCUT2D eigenvalue weighted by molar-refractivity contribution is 6.04. The van der Waals surface area contributed by atoms with Crippen LogP contribution in [0.5, 0.6) is 11.5 Å². The Hall–Kier alpha value is -2.77. The first kappa shape index (κ1) is 19.5. The minimum absolute atomic E-state index is 0.0674. The molecule has 1 atom stereocenters. The number of hydrogen-bond acceptors (Lipinski definition) is 5. The number of rotatable bonds is 4. The smallest absolute Gasteiger partial charge is 0.327 e. The van der Waals surface area contributed by atoms with Gasteiger partial charge in [0, 0.05) is 32.2 Å². The van der Waals surface area contributed by atoms with E-state index >= 15 is 0 Å². The van der Waals surface area contributed by atoms with Gasteiger partial charge in [-0.2, -0.15) is 0 Å². The van der Waals surface area contributed by atoms with E-state index in [1.54, 1.807) is 30.2 Å². The number of nitrogens with zero attached hydrogens (tertiary/aromatic N) is 3. The fourth-order valence-electron chi connectivity index (χ4n) is 4.89. The number of benzene rings is 1. The maximum Gasteiger partial charge on any atom is 0.327 e. The van der Waals surface area contributed by atoms with Crippen LogP contribution < -0.4 is 9.47 Å². The topological polar surface area (TPSA) is 79.4 Å². The van der Waals surface area contributed by atoms with E-state index in [4.69, 9.17) is 9.47 Å². The molecule has 3 heterocycles. The van der Waals surface area contributed by atoms with E-state index in [0.717, 1.165) is 12.8 Å². The summed E-state index contributed by atoms with van der Waals surface area (Å²) in [6.07, 6.45) is 2.27. The van der Waals surface area contributed by atoms with Crippen molar-refractivity contribution >= 4 is 17.8 Å². The van der Waals surface area contributed by atoms with Crippen LogP contribution in [0.25, 0.3) is 0 Å². The van der Waals surface area contributed by atoms with Gasteiger partial charge in [0.25, 0.3) is 11.8 Å². The number of piperidine rings is 1. The summed E-state index contributed by atoms with van der Waals surface area (Å²) in [5.74, 6) is 0.989. The van der Waals surface area contributed by atoms with Crippen molar-refractivity contribution < 1.29 is 23.9 Å². The van der Waals surface area contributed by atoms with Crippen LogP contribution in [0.3, 0.4) is 0 Å². The summed E-state index contributed by atoms with van der Waals surface area (Å²) in [7, 11) is 3.11. The third-order valence-electron chi connectivity index (χ3n) is 6.60. The zero-order chi connectivity index (χ0) is 20.8. The van der Waals surface area contributed by atoms with Crippen LogP contribution in [-0.2, 0) is 4.79 Å². The van der Waals surface area contributed by atoms with Crippen LogP contribution >= 0.6 is 0 Å². The predicted molar refractivity (Wildman–Crippen MR) is 105 cm³/mol. The SMILES string of the molecule is CCN1C(=O)C2CC3(CCN(C(=O)c4ccc(OC)cc4OC)CC3)CN2C1=O. The minimum Gasteiger partial charge on any atom is -0.497 e. The van der Waals surface area contributed by atoms with Gasteiger partial charge in [0.2, 0.25) is 0 Å². The lowest BCUT2D eigenvalue weighted by molar-refractivity contribution is -0.128. The molecule has 0 aromatic heterocycles. The monoisotopic (exact) mass is 401 g/mol. The second kappa shape index (κ2) is 7.24. The predicted octanol–water partition coefficient (Wildman–Crippen LogP) is 1.98. The maximum absolute atomic E-state index is 13.0. The Kier molecular flexibility index (Phi) is 4.88. The molecule has 0 N–H and O–H groups in total. The molecule has 1 spiro atoms. The Balaban J connectivity index is 1.44. The molecule has 1 aromatic rings. The van der Waals surface area contributed by atoms with E-state index in [1.165, 1.54) is 12.0 Å². The van der Waals surface area contributed by atoms with E-state index in [0.29, 0.717) is 49.7 Å². The van der Waals surface area contributed by atoms with E-state index in [-0.39, 0.29) is 29.3 Å². The Morgan fingerprint density at radius 1 is 1.17 bits per heavy atom. The molecule has 0 radical (unpaired) electrons. The van der Waals surface area contributed by atoms with E-state index in [9.17, 15) is 14.4 Å².